The Balaban J connectivity index is 1.58. The molecule has 1 aliphatic rings. The molecule has 1 aliphatic heterocycles. The lowest BCUT2D eigenvalue weighted by atomic mass is 10.1. The molecule has 2 aromatic rings. The minimum atomic E-state index is -0.357. The molecule has 0 saturated carbocycles. The average Bonchev–Trinajstić information content (AvgIpc) is 2.91. The minimum absolute atomic E-state index is 0.234. The third-order valence-corrected chi connectivity index (χ3v) is 3.55. The molecule has 2 aromatic carbocycles. The summed E-state index contributed by atoms with van der Waals surface area (Å²) >= 11 is 0. The van der Waals surface area contributed by atoms with Gasteiger partial charge in [-0.2, -0.15) is 0 Å². The van der Waals surface area contributed by atoms with E-state index >= 15 is 0 Å². The maximum Gasteiger partial charge on any atom is 0.337 e. The highest BCUT2D eigenvalue weighted by Gasteiger charge is 2.29. The summed E-state index contributed by atoms with van der Waals surface area (Å²) in [4.78, 5) is 16.3. The van der Waals surface area contributed by atoms with Crippen molar-refractivity contribution in [3.8, 4) is 0 Å². The van der Waals surface area contributed by atoms with Crippen molar-refractivity contribution in [2.75, 3.05) is 0 Å². The molecule has 0 spiro atoms. The van der Waals surface area contributed by atoms with Gasteiger partial charge in [-0.3, -0.25) is 0 Å². The molecule has 0 radical (unpaired) electrons. The Morgan fingerprint density at radius 1 is 0.952 bits per heavy atom. The molecule has 0 N–H and O–H groups in total. The summed E-state index contributed by atoms with van der Waals surface area (Å²) in [6.07, 6.45) is 2.61. The second kappa shape index (κ2) is 6.35. The van der Waals surface area contributed by atoms with Crippen LogP contribution in [0.3, 0.4) is 0 Å². The van der Waals surface area contributed by atoms with Crippen molar-refractivity contribution >= 4 is 11.9 Å². The molecule has 21 heavy (non-hydrogen) atoms. The molecular weight excluding hydrogens is 262 g/mol. The zero-order valence-corrected chi connectivity index (χ0v) is 11.7. The van der Waals surface area contributed by atoms with E-state index in [9.17, 15) is 4.79 Å². The van der Waals surface area contributed by atoms with Gasteiger partial charge in [0.1, 0.15) is 0 Å². The maximum atomic E-state index is 11.9. The molecular formula is C18H17NO2. The van der Waals surface area contributed by atoms with Crippen LogP contribution in [0.2, 0.25) is 0 Å². The van der Waals surface area contributed by atoms with Gasteiger partial charge in [-0.1, -0.05) is 48.5 Å². The number of hydrogen-bond acceptors (Lipinski definition) is 3. The standard InChI is InChI=1S/C18H17NO2/c20-18-16(13-7-10-14-8-3-1-4-9-14)19-17(21-18)15-11-5-2-6-12-15/h1-6,8-9,11-12,16H,7,10,13H2. The molecule has 3 heteroatoms. The Labute approximate surface area is 124 Å². The lowest BCUT2D eigenvalue weighted by molar-refractivity contribution is -0.135. The van der Waals surface area contributed by atoms with Crippen LogP contribution in [0.15, 0.2) is 65.7 Å². The normalized spacial score (nSPS) is 17.4. The van der Waals surface area contributed by atoms with E-state index in [1.54, 1.807) is 0 Å². The summed E-state index contributed by atoms with van der Waals surface area (Å²) < 4.78 is 5.27. The summed E-state index contributed by atoms with van der Waals surface area (Å²) in [5.74, 6) is 0.215. The molecule has 3 nitrogen and oxygen atoms in total. The fourth-order valence-corrected chi connectivity index (χ4v) is 2.42. The van der Waals surface area contributed by atoms with Crippen LogP contribution in [-0.4, -0.2) is 17.9 Å². The average molecular weight is 279 g/mol. The molecule has 0 aromatic heterocycles. The zero-order chi connectivity index (χ0) is 14.5. The second-order valence-corrected chi connectivity index (χ2v) is 5.11. The first-order chi connectivity index (χ1) is 10.3. The van der Waals surface area contributed by atoms with Crippen LogP contribution in [-0.2, 0) is 16.0 Å². The Morgan fingerprint density at radius 3 is 2.33 bits per heavy atom. The largest absolute Gasteiger partial charge is 0.406 e. The number of aryl methyl sites for hydroxylation is 1. The molecule has 106 valence electrons. The van der Waals surface area contributed by atoms with E-state index in [2.05, 4.69) is 17.1 Å². The quantitative estimate of drug-likeness (QED) is 0.787. The SMILES string of the molecule is O=C1OC(c2ccccc2)=NC1CCCc1ccccc1. The lowest BCUT2D eigenvalue weighted by Gasteiger charge is -2.03. The van der Waals surface area contributed by atoms with Gasteiger partial charge < -0.3 is 4.74 Å². The topological polar surface area (TPSA) is 38.7 Å². The van der Waals surface area contributed by atoms with Gasteiger partial charge in [-0.25, -0.2) is 9.79 Å². The van der Waals surface area contributed by atoms with Gasteiger partial charge in [0.2, 0.25) is 5.90 Å². The fraction of sp³-hybridized carbons (Fsp3) is 0.222. The number of hydrogen-bond donors (Lipinski definition) is 0. The number of carbonyl (C=O) groups is 1. The van der Waals surface area contributed by atoms with E-state index in [1.165, 1.54) is 5.56 Å². The van der Waals surface area contributed by atoms with E-state index in [4.69, 9.17) is 4.74 Å². The Kier molecular flexibility index (Phi) is 4.10. The number of carbonyl (C=O) groups excluding carboxylic acids is 1. The smallest absolute Gasteiger partial charge is 0.337 e. The summed E-state index contributed by atoms with van der Waals surface area (Å²) in [5, 5.41) is 0. The predicted molar refractivity (Wildman–Crippen MR) is 82.2 cm³/mol. The molecule has 1 atom stereocenters. The van der Waals surface area contributed by atoms with Crippen LogP contribution in [0.25, 0.3) is 0 Å². The first kappa shape index (κ1) is 13.6. The summed E-state index contributed by atoms with van der Waals surface area (Å²) in [6, 6.07) is 19.5. The van der Waals surface area contributed by atoms with Crippen molar-refractivity contribution in [2.24, 2.45) is 4.99 Å². The zero-order valence-electron chi connectivity index (χ0n) is 11.7. The monoisotopic (exact) mass is 279 g/mol. The van der Waals surface area contributed by atoms with Gasteiger partial charge in [0, 0.05) is 5.56 Å². The first-order valence-electron chi connectivity index (χ1n) is 7.22. The number of ether oxygens (including phenoxy) is 1. The number of aliphatic imine (C=N–C) groups is 1. The molecule has 0 aliphatic carbocycles. The van der Waals surface area contributed by atoms with Crippen molar-refractivity contribution in [2.45, 2.75) is 25.3 Å². The molecule has 0 saturated heterocycles. The lowest BCUT2D eigenvalue weighted by Crippen LogP contribution is -2.15. The van der Waals surface area contributed by atoms with E-state index in [0.29, 0.717) is 5.90 Å². The van der Waals surface area contributed by atoms with Gasteiger partial charge in [0.05, 0.1) is 0 Å². The molecule has 0 amide bonds. The van der Waals surface area contributed by atoms with Crippen molar-refractivity contribution in [1.29, 1.82) is 0 Å². The molecule has 1 unspecified atom stereocenters. The van der Waals surface area contributed by atoms with Crippen molar-refractivity contribution in [3.05, 3.63) is 71.8 Å². The van der Waals surface area contributed by atoms with Crippen LogP contribution in [0.4, 0.5) is 0 Å². The number of benzene rings is 2. The van der Waals surface area contributed by atoms with Crippen LogP contribution >= 0.6 is 0 Å². The van der Waals surface area contributed by atoms with Crippen LogP contribution in [0.5, 0.6) is 0 Å². The highest BCUT2D eigenvalue weighted by molar-refractivity contribution is 6.06. The summed E-state index contributed by atoms with van der Waals surface area (Å²) in [5.41, 5.74) is 2.15. The minimum Gasteiger partial charge on any atom is -0.406 e. The molecule has 0 bridgehead atoms. The number of nitrogens with zero attached hydrogens (tertiary/aromatic N) is 1. The van der Waals surface area contributed by atoms with Gasteiger partial charge in [-0.15, -0.1) is 0 Å². The number of rotatable bonds is 5. The maximum absolute atomic E-state index is 11.9. The summed E-state index contributed by atoms with van der Waals surface area (Å²) in [6.45, 7) is 0. The second-order valence-electron chi connectivity index (χ2n) is 5.11. The third-order valence-electron chi connectivity index (χ3n) is 3.55. The van der Waals surface area contributed by atoms with Crippen LogP contribution < -0.4 is 0 Å². The molecule has 1 heterocycles. The van der Waals surface area contributed by atoms with Gasteiger partial charge in [-0.05, 0) is 37.0 Å². The number of esters is 1. The van der Waals surface area contributed by atoms with E-state index in [-0.39, 0.29) is 12.0 Å². The predicted octanol–water partition coefficient (Wildman–Crippen LogP) is 3.38. The van der Waals surface area contributed by atoms with Gasteiger partial charge in [0.25, 0.3) is 0 Å². The van der Waals surface area contributed by atoms with E-state index in [1.807, 2.05) is 48.5 Å². The highest BCUT2D eigenvalue weighted by atomic mass is 16.6. The van der Waals surface area contributed by atoms with Gasteiger partial charge in [0.15, 0.2) is 6.04 Å². The third kappa shape index (κ3) is 3.37. The Bertz CT molecular complexity index is 635. The van der Waals surface area contributed by atoms with Crippen molar-refractivity contribution in [1.82, 2.24) is 0 Å². The summed E-state index contributed by atoms with van der Waals surface area (Å²) in [7, 11) is 0. The van der Waals surface area contributed by atoms with Crippen LogP contribution in [0.1, 0.15) is 24.0 Å². The van der Waals surface area contributed by atoms with Crippen molar-refractivity contribution in [3.63, 3.8) is 0 Å². The van der Waals surface area contributed by atoms with E-state index < -0.39 is 0 Å². The van der Waals surface area contributed by atoms with Gasteiger partial charge >= 0.3 is 5.97 Å². The van der Waals surface area contributed by atoms with Crippen molar-refractivity contribution < 1.29 is 9.53 Å². The van der Waals surface area contributed by atoms with E-state index in [0.717, 1.165) is 24.8 Å². The van der Waals surface area contributed by atoms with Crippen LogP contribution in [0, 0.1) is 0 Å². The first-order valence-corrected chi connectivity index (χ1v) is 7.22. The molecule has 3 rings (SSSR count). The molecule has 0 fully saturated rings. The highest BCUT2D eigenvalue weighted by Crippen LogP contribution is 2.18. The fourth-order valence-electron chi connectivity index (χ4n) is 2.42. The Morgan fingerprint density at radius 2 is 1.62 bits per heavy atom. The number of cyclic esters (lactones) is 1. The Hall–Kier alpha value is -2.42.